The lowest BCUT2D eigenvalue weighted by Crippen LogP contribution is -2.58. The van der Waals surface area contributed by atoms with Gasteiger partial charge in [-0.3, -0.25) is 14.5 Å². The number of nitrogens with one attached hydrogen (secondary N) is 1. The first-order chi connectivity index (χ1) is 11.8. The summed E-state index contributed by atoms with van der Waals surface area (Å²) in [5, 5.41) is 3.34. The van der Waals surface area contributed by atoms with E-state index in [9.17, 15) is 9.59 Å². The SMILES string of the molecule is CCCC(C)(N)C(=O)N1CCN(CC(=O)Nc2ccccc2Cl)CC1.Cl. The molecule has 0 saturated carbocycles. The van der Waals surface area contributed by atoms with Crippen LogP contribution in [0.5, 0.6) is 0 Å². The third-order valence-corrected chi connectivity index (χ3v) is 4.76. The van der Waals surface area contributed by atoms with Crippen molar-refractivity contribution in [2.75, 3.05) is 38.0 Å². The predicted molar refractivity (Wildman–Crippen MR) is 108 cm³/mol. The molecule has 2 amide bonds. The highest BCUT2D eigenvalue weighted by Gasteiger charge is 2.33. The number of piperazine rings is 1. The highest BCUT2D eigenvalue weighted by atomic mass is 35.5. The van der Waals surface area contributed by atoms with Crippen molar-refractivity contribution in [1.29, 1.82) is 0 Å². The summed E-state index contributed by atoms with van der Waals surface area (Å²) in [4.78, 5) is 28.5. The van der Waals surface area contributed by atoms with Crippen molar-refractivity contribution >= 4 is 41.5 Å². The molecule has 1 heterocycles. The lowest BCUT2D eigenvalue weighted by atomic mass is 9.95. The average molecular weight is 403 g/mol. The Morgan fingerprint density at radius 1 is 1.23 bits per heavy atom. The molecule has 0 spiro atoms. The Bertz CT molecular complexity index is 617. The summed E-state index contributed by atoms with van der Waals surface area (Å²) >= 11 is 6.05. The molecule has 0 bridgehead atoms. The fourth-order valence-electron chi connectivity index (χ4n) is 3.05. The van der Waals surface area contributed by atoms with Gasteiger partial charge in [-0.05, 0) is 25.5 Å². The van der Waals surface area contributed by atoms with Crippen LogP contribution in [0.1, 0.15) is 26.7 Å². The molecule has 1 atom stereocenters. The van der Waals surface area contributed by atoms with Gasteiger partial charge in [0.1, 0.15) is 0 Å². The fraction of sp³-hybridized carbons (Fsp3) is 0.556. The van der Waals surface area contributed by atoms with Gasteiger partial charge in [-0.2, -0.15) is 0 Å². The zero-order valence-electron chi connectivity index (χ0n) is 15.3. The van der Waals surface area contributed by atoms with Crippen LogP contribution in [-0.4, -0.2) is 59.9 Å². The number of nitrogens with two attached hydrogens (primary N) is 1. The Kier molecular flexibility index (Phi) is 8.83. The van der Waals surface area contributed by atoms with E-state index in [0.29, 0.717) is 43.3 Å². The molecule has 1 aliphatic rings. The molecule has 26 heavy (non-hydrogen) atoms. The summed E-state index contributed by atoms with van der Waals surface area (Å²) in [6, 6.07) is 7.15. The number of para-hydroxylation sites is 1. The monoisotopic (exact) mass is 402 g/mol. The van der Waals surface area contributed by atoms with E-state index in [2.05, 4.69) is 5.32 Å². The second kappa shape index (κ2) is 10.1. The number of carbonyl (C=O) groups is 2. The van der Waals surface area contributed by atoms with Gasteiger partial charge in [-0.1, -0.05) is 37.1 Å². The molecule has 3 N–H and O–H groups in total. The molecule has 1 fully saturated rings. The van der Waals surface area contributed by atoms with Gasteiger partial charge in [0.15, 0.2) is 0 Å². The molecule has 1 aromatic rings. The minimum Gasteiger partial charge on any atom is -0.339 e. The van der Waals surface area contributed by atoms with Gasteiger partial charge in [0.05, 0.1) is 22.8 Å². The van der Waals surface area contributed by atoms with Crippen LogP contribution in [0.15, 0.2) is 24.3 Å². The number of benzene rings is 1. The quantitative estimate of drug-likeness (QED) is 0.765. The maximum absolute atomic E-state index is 12.5. The van der Waals surface area contributed by atoms with E-state index in [1.807, 2.05) is 24.0 Å². The van der Waals surface area contributed by atoms with E-state index in [4.69, 9.17) is 17.3 Å². The summed E-state index contributed by atoms with van der Waals surface area (Å²) < 4.78 is 0. The van der Waals surface area contributed by atoms with Gasteiger partial charge in [0.2, 0.25) is 11.8 Å². The molecule has 2 rings (SSSR count). The number of rotatable bonds is 6. The van der Waals surface area contributed by atoms with Crippen molar-refractivity contribution in [3.63, 3.8) is 0 Å². The fourth-order valence-corrected chi connectivity index (χ4v) is 3.23. The highest BCUT2D eigenvalue weighted by Crippen LogP contribution is 2.20. The lowest BCUT2D eigenvalue weighted by molar-refractivity contribution is -0.138. The number of nitrogens with zero attached hydrogens (tertiary/aromatic N) is 2. The molecule has 1 aromatic carbocycles. The Morgan fingerprint density at radius 2 is 1.85 bits per heavy atom. The molecule has 146 valence electrons. The van der Waals surface area contributed by atoms with E-state index >= 15 is 0 Å². The number of carbonyl (C=O) groups excluding carboxylic acids is 2. The predicted octanol–water partition coefficient (Wildman–Crippen LogP) is 2.36. The first kappa shape index (κ1) is 22.7. The summed E-state index contributed by atoms with van der Waals surface area (Å²) in [7, 11) is 0. The second-order valence-electron chi connectivity index (χ2n) is 6.76. The molecular weight excluding hydrogens is 375 g/mol. The van der Waals surface area contributed by atoms with E-state index in [0.717, 1.165) is 6.42 Å². The molecule has 0 radical (unpaired) electrons. The molecule has 1 saturated heterocycles. The zero-order chi connectivity index (χ0) is 18.4. The van der Waals surface area contributed by atoms with Crippen molar-refractivity contribution in [2.45, 2.75) is 32.2 Å². The average Bonchev–Trinajstić information content (AvgIpc) is 2.57. The Balaban J connectivity index is 0.00000338. The number of hydrogen-bond acceptors (Lipinski definition) is 4. The standard InChI is InChI=1S/C18H27ClN4O2.ClH/c1-3-8-18(2,20)17(25)23-11-9-22(10-12-23)13-16(24)21-15-7-5-4-6-14(15)19;/h4-7H,3,8-13,20H2,1-2H3,(H,21,24);1H. The number of hydrogen-bond donors (Lipinski definition) is 2. The normalized spacial score (nSPS) is 17.2. The van der Waals surface area contributed by atoms with Crippen molar-refractivity contribution in [2.24, 2.45) is 5.73 Å². The van der Waals surface area contributed by atoms with Crippen LogP contribution in [0.2, 0.25) is 5.02 Å². The Morgan fingerprint density at radius 3 is 2.42 bits per heavy atom. The van der Waals surface area contributed by atoms with Crippen LogP contribution in [0.4, 0.5) is 5.69 Å². The molecule has 8 heteroatoms. The van der Waals surface area contributed by atoms with E-state index in [-0.39, 0.29) is 30.8 Å². The Labute approximate surface area is 166 Å². The largest absolute Gasteiger partial charge is 0.339 e. The van der Waals surface area contributed by atoms with Crippen molar-refractivity contribution in [1.82, 2.24) is 9.80 Å². The molecule has 1 unspecified atom stereocenters. The van der Waals surface area contributed by atoms with E-state index in [1.165, 1.54) is 0 Å². The van der Waals surface area contributed by atoms with Gasteiger partial charge in [-0.25, -0.2) is 0 Å². The maximum atomic E-state index is 12.5. The number of amides is 2. The van der Waals surface area contributed by atoms with Crippen LogP contribution in [0, 0.1) is 0 Å². The lowest BCUT2D eigenvalue weighted by Gasteiger charge is -2.38. The summed E-state index contributed by atoms with van der Waals surface area (Å²) in [5.74, 6) is -0.114. The van der Waals surface area contributed by atoms with Gasteiger partial charge < -0.3 is 16.0 Å². The van der Waals surface area contributed by atoms with Crippen molar-refractivity contribution in [3.8, 4) is 0 Å². The molecule has 1 aliphatic heterocycles. The second-order valence-corrected chi connectivity index (χ2v) is 7.17. The van der Waals surface area contributed by atoms with E-state index in [1.54, 1.807) is 24.0 Å². The van der Waals surface area contributed by atoms with Crippen LogP contribution in [0.25, 0.3) is 0 Å². The molecule has 0 aromatic heterocycles. The smallest absolute Gasteiger partial charge is 0.242 e. The zero-order valence-corrected chi connectivity index (χ0v) is 16.9. The Hall–Kier alpha value is -1.34. The van der Waals surface area contributed by atoms with Crippen molar-refractivity contribution in [3.05, 3.63) is 29.3 Å². The first-order valence-electron chi connectivity index (χ1n) is 8.68. The van der Waals surface area contributed by atoms with Crippen LogP contribution >= 0.6 is 24.0 Å². The minimum atomic E-state index is -0.807. The van der Waals surface area contributed by atoms with Gasteiger partial charge in [-0.15, -0.1) is 12.4 Å². The third-order valence-electron chi connectivity index (χ3n) is 4.43. The number of anilines is 1. The maximum Gasteiger partial charge on any atom is 0.242 e. The molecular formula is C18H28Cl2N4O2. The van der Waals surface area contributed by atoms with Crippen LogP contribution in [0.3, 0.4) is 0 Å². The van der Waals surface area contributed by atoms with E-state index < -0.39 is 5.54 Å². The van der Waals surface area contributed by atoms with Gasteiger partial charge in [0, 0.05) is 26.2 Å². The topological polar surface area (TPSA) is 78.7 Å². The minimum absolute atomic E-state index is 0. The third kappa shape index (κ3) is 6.13. The first-order valence-corrected chi connectivity index (χ1v) is 9.06. The van der Waals surface area contributed by atoms with Gasteiger partial charge in [0.25, 0.3) is 0 Å². The molecule has 6 nitrogen and oxygen atoms in total. The summed E-state index contributed by atoms with van der Waals surface area (Å²) in [6.45, 7) is 6.59. The van der Waals surface area contributed by atoms with Gasteiger partial charge >= 0.3 is 0 Å². The van der Waals surface area contributed by atoms with Crippen molar-refractivity contribution < 1.29 is 9.59 Å². The summed E-state index contributed by atoms with van der Waals surface area (Å²) in [6.07, 6.45) is 1.55. The van der Waals surface area contributed by atoms with Crippen LogP contribution in [-0.2, 0) is 9.59 Å². The summed E-state index contributed by atoms with van der Waals surface area (Å²) in [5.41, 5.74) is 5.94. The highest BCUT2D eigenvalue weighted by molar-refractivity contribution is 6.33. The number of halogens is 2. The van der Waals surface area contributed by atoms with Crippen LogP contribution < -0.4 is 11.1 Å². The molecule has 0 aliphatic carbocycles.